The van der Waals surface area contributed by atoms with Gasteiger partial charge in [-0.2, -0.15) is 5.26 Å². The van der Waals surface area contributed by atoms with Gasteiger partial charge in [0.15, 0.2) is 5.58 Å². The van der Waals surface area contributed by atoms with Crippen LogP contribution in [0.3, 0.4) is 0 Å². The van der Waals surface area contributed by atoms with Gasteiger partial charge in [0.05, 0.1) is 11.6 Å². The van der Waals surface area contributed by atoms with Gasteiger partial charge in [0.25, 0.3) is 5.91 Å². The molecule has 3 aromatic rings. The van der Waals surface area contributed by atoms with Crippen LogP contribution in [-0.2, 0) is 16.0 Å². The third-order valence-electron chi connectivity index (χ3n) is 5.06. The number of ether oxygens (including phenoxy) is 1. The first-order valence-corrected chi connectivity index (χ1v) is 9.87. The van der Waals surface area contributed by atoms with Gasteiger partial charge in [0, 0.05) is 19.6 Å². The number of carbonyl (C=O) groups is 1. The van der Waals surface area contributed by atoms with Crippen LogP contribution in [0.2, 0.25) is 0 Å². The van der Waals surface area contributed by atoms with Crippen molar-refractivity contribution in [3.05, 3.63) is 58.6 Å². The smallest absolute Gasteiger partial charge is 0.408 e. The number of amides is 1. The first-order valence-electron chi connectivity index (χ1n) is 9.87. The SMILES string of the molecule is N#C[C@H](Cc1ccc(-c2ccc3oc(=O)[nH]c3c2)cc1)NC(=O)[C@@H]1CNCCCO1. The van der Waals surface area contributed by atoms with Crippen molar-refractivity contribution in [1.29, 1.82) is 5.26 Å². The van der Waals surface area contributed by atoms with Crippen molar-refractivity contribution in [2.24, 2.45) is 0 Å². The van der Waals surface area contributed by atoms with Crippen molar-refractivity contribution in [3.8, 4) is 17.2 Å². The van der Waals surface area contributed by atoms with Gasteiger partial charge >= 0.3 is 5.76 Å². The van der Waals surface area contributed by atoms with Gasteiger partial charge in [-0.1, -0.05) is 30.3 Å². The molecule has 0 bridgehead atoms. The molecule has 4 rings (SSSR count). The zero-order chi connectivity index (χ0) is 20.9. The maximum Gasteiger partial charge on any atom is 0.417 e. The Balaban J connectivity index is 1.41. The molecule has 1 aliphatic rings. The van der Waals surface area contributed by atoms with E-state index >= 15 is 0 Å². The first-order chi connectivity index (χ1) is 14.6. The lowest BCUT2D eigenvalue weighted by Gasteiger charge is -2.18. The van der Waals surface area contributed by atoms with Gasteiger partial charge in [0.1, 0.15) is 12.1 Å². The number of hydrogen-bond acceptors (Lipinski definition) is 6. The number of H-pyrrole nitrogens is 1. The number of aromatic amines is 1. The molecule has 1 fully saturated rings. The van der Waals surface area contributed by atoms with Crippen molar-refractivity contribution >= 4 is 17.0 Å². The number of carbonyl (C=O) groups excluding carboxylic acids is 1. The molecule has 3 N–H and O–H groups in total. The van der Waals surface area contributed by atoms with Crippen LogP contribution in [0.4, 0.5) is 0 Å². The van der Waals surface area contributed by atoms with Gasteiger partial charge in [-0.15, -0.1) is 0 Å². The molecule has 2 atom stereocenters. The number of rotatable bonds is 5. The second-order valence-corrected chi connectivity index (χ2v) is 7.23. The highest BCUT2D eigenvalue weighted by molar-refractivity contribution is 5.82. The lowest BCUT2D eigenvalue weighted by molar-refractivity contribution is -0.132. The van der Waals surface area contributed by atoms with Crippen LogP contribution >= 0.6 is 0 Å². The lowest BCUT2D eigenvalue weighted by atomic mass is 10.0. The molecule has 0 spiro atoms. The lowest BCUT2D eigenvalue weighted by Crippen LogP contribution is -2.46. The van der Waals surface area contributed by atoms with E-state index in [0.29, 0.717) is 30.7 Å². The molecule has 1 amide bonds. The predicted octanol–water partition coefficient (Wildman–Crippen LogP) is 1.72. The largest absolute Gasteiger partial charge is 0.417 e. The van der Waals surface area contributed by atoms with Crippen molar-refractivity contribution in [1.82, 2.24) is 15.6 Å². The van der Waals surface area contributed by atoms with Crippen LogP contribution in [0.1, 0.15) is 12.0 Å². The van der Waals surface area contributed by atoms with Crippen molar-refractivity contribution in [3.63, 3.8) is 0 Å². The van der Waals surface area contributed by atoms with Crippen LogP contribution in [-0.4, -0.2) is 42.7 Å². The van der Waals surface area contributed by atoms with Crippen LogP contribution in [0.15, 0.2) is 51.7 Å². The Hall–Kier alpha value is -3.41. The number of hydrogen-bond donors (Lipinski definition) is 3. The highest BCUT2D eigenvalue weighted by Gasteiger charge is 2.23. The van der Waals surface area contributed by atoms with Gasteiger partial charge in [-0.05, 0) is 41.8 Å². The average molecular weight is 406 g/mol. The van der Waals surface area contributed by atoms with E-state index in [-0.39, 0.29) is 5.91 Å². The normalized spacial score (nSPS) is 17.8. The molecular weight excluding hydrogens is 384 g/mol. The maximum atomic E-state index is 12.4. The maximum absolute atomic E-state index is 12.4. The molecule has 1 saturated heterocycles. The molecule has 0 unspecified atom stereocenters. The van der Waals surface area contributed by atoms with Crippen molar-refractivity contribution in [2.75, 3.05) is 19.7 Å². The van der Waals surface area contributed by atoms with E-state index < -0.39 is 17.9 Å². The molecule has 1 aliphatic heterocycles. The fraction of sp³-hybridized carbons (Fsp3) is 0.318. The molecule has 0 aliphatic carbocycles. The number of fused-ring (bicyclic) bond motifs is 1. The Bertz CT molecular complexity index is 1120. The summed E-state index contributed by atoms with van der Waals surface area (Å²) in [5.41, 5.74) is 4.00. The minimum atomic E-state index is -0.637. The van der Waals surface area contributed by atoms with E-state index in [1.807, 2.05) is 36.4 Å². The van der Waals surface area contributed by atoms with E-state index in [9.17, 15) is 14.9 Å². The van der Waals surface area contributed by atoms with E-state index in [1.54, 1.807) is 6.07 Å². The van der Waals surface area contributed by atoms with E-state index in [0.717, 1.165) is 29.7 Å². The summed E-state index contributed by atoms with van der Waals surface area (Å²) in [6.07, 6.45) is 0.688. The number of aromatic nitrogens is 1. The monoisotopic (exact) mass is 406 g/mol. The fourth-order valence-corrected chi connectivity index (χ4v) is 3.48. The Morgan fingerprint density at radius 1 is 1.23 bits per heavy atom. The fourth-order valence-electron chi connectivity index (χ4n) is 3.48. The number of oxazole rings is 1. The third-order valence-corrected chi connectivity index (χ3v) is 5.06. The quantitative estimate of drug-likeness (QED) is 0.593. The molecule has 8 heteroatoms. The predicted molar refractivity (Wildman–Crippen MR) is 111 cm³/mol. The minimum Gasteiger partial charge on any atom is -0.408 e. The minimum absolute atomic E-state index is 0.269. The molecule has 2 aromatic carbocycles. The summed E-state index contributed by atoms with van der Waals surface area (Å²) < 4.78 is 10.6. The van der Waals surface area contributed by atoms with Crippen LogP contribution in [0.5, 0.6) is 0 Å². The first kappa shape index (κ1) is 19.9. The highest BCUT2D eigenvalue weighted by Crippen LogP contribution is 2.23. The second-order valence-electron chi connectivity index (χ2n) is 7.23. The summed E-state index contributed by atoms with van der Waals surface area (Å²) >= 11 is 0. The van der Waals surface area contributed by atoms with Crippen LogP contribution in [0.25, 0.3) is 22.2 Å². The number of benzene rings is 2. The average Bonchev–Trinajstić information content (AvgIpc) is 2.94. The second kappa shape index (κ2) is 8.95. The summed E-state index contributed by atoms with van der Waals surface area (Å²) in [5, 5.41) is 15.4. The van der Waals surface area contributed by atoms with E-state index in [2.05, 4.69) is 21.7 Å². The molecule has 2 heterocycles. The summed E-state index contributed by atoms with van der Waals surface area (Å²) in [4.78, 5) is 26.4. The van der Waals surface area contributed by atoms with Crippen LogP contribution < -0.4 is 16.4 Å². The zero-order valence-electron chi connectivity index (χ0n) is 16.3. The van der Waals surface area contributed by atoms with Gasteiger partial charge in [-0.25, -0.2) is 4.79 Å². The molecular formula is C22H22N4O4. The molecule has 154 valence electrons. The summed E-state index contributed by atoms with van der Waals surface area (Å²) in [5.74, 6) is -0.748. The molecule has 8 nitrogen and oxygen atoms in total. The standard InChI is InChI=1S/C22H22N4O4/c23-12-17(25-21(27)20-13-24-8-1-9-29-20)10-14-2-4-15(5-3-14)16-6-7-19-18(11-16)26-22(28)30-19/h2-7,11,17,20,24H,1,8-10,13H2,(H,25,27)(H,26,28)/t17-,20-/m0/s1. The third kappa shape index (κ3) is 4.59. The highest BCUT2D eigenvalue weighted by atomic mass is 16.5. The number of nitrogens with zero attached hydrogens (tertiary/aromatic N) is 1. The van der Waals surface area contributed by atoms with Gasteiger partial charge < -0.3 is 19.8 Å². The van der Waals surface area contributed by atoms with Gasteiger partial charge in [-0.3, -0.25) is 9.78 Å². The van der Waals surface area contributed by atoms with Crippen molar-refractivity contribution < 1.29 is 13.9 Å². The Morgan fingerprint density at radius 2 is 2.03 bits per heavy atom. The summed E-state index contributed by atoms with van der Waals surface area (Å²) in [6, 6.07) is 14.8. The Kier molecular flexibility index (Phi) is 5.93. The van der Waals surface area contributed by atoms with Crippen molar-refractivity contribution in [2.45, 2.75) is 25.0 Å². The molecule has 1 aromatic heterocycles. The number of nitrogens with one attached hydrogen (secondary N) is 3. The topological polar surface area (TPSA) is 120 Å². The Morgan fingerprint density at radius 3 is 2.83 bits per heavy atom. The number of nitriles is 1. The molecule has 0 radical (unpaired) electrons. The molecule has 0 saturated carbocycles. The molecule has 30 heavy (non-hydrogen) atoms. The summed E-state index contributed by atoms with van der Waals surface area (Å²) in [6.45, 7) is 1.80. The van der Waals surface area contributed by atoms with E-state index in [1.165, 1.54) is 0 Å². The van der Waals surface area contributed by atoms with E-state index in [4.69, 9.17) is 9.15 Å². The zero-order valence-corrected chi connectivity index (χ0v) is 16.3. The van der Waals surface area contributed by atoms with Crippen LogP contribution in [0, 0.1) is 11.3 Å². The summed E-state index contributed by atoms with van der Waals surface area (Å²) in [7, 11) is 0. The van der Waals surface area contributed by atoms with Gasteiger partial charge in [0.2, 0.25) is 0 Å². The Labute approximate surface area is 172 Å².